The lowest BCUT2D eigenvalue weighted by Crippen LogP contribution is -2.34. The number of amides is 2. The van der Waals surface area contributed by atoms with E-state index in [2.05, 4.69) is 27.3 Å². The number of benzene rings is 2. The molecule has 1 aliphatic heterocycles. The summed E-state index contributed by atoms with van der Waals surface area (Å²) in [4.78, 5) is 12.1. The van der Waals surface area contributed by atoms with Gasteiger partial charge in [-0.1, -0.05) is 12.1 Å². The van der Waals surface area contributed by atoms with Crippen LogP contribution in [0, 0.1) is 0 Å². The molecule has 7 nitrogen and oxygen atoms in total. The Kier molecular flexibility index (Phi) is 7.62. The maximum Gasteiger partial charge on any atom is 0.319 e. The van der Waals surface area contributed by atoms with Crippen LogP contribution in [0.15, 0.2) is 42.5 Å². The van der Waals surface area contributed by atoms with Crippen molar-refractivity contribution in [3.05, 3.63) is 42.5 Å². The summed E-state index contributed by atoms with van der Waals surface area (Å²) >= 11 is 1.93. The van der Waals surface area contributed by atoms with Crippen molar-refractivity contribution < 1.29 is 14.3 Å². The number of carbonyl (C=O) groups excluding carboxylic acids is 1. The van der Waals surface area contributed by atoms with E-state index in [4.69, 9.17) is 15.2 Å². The Morgan fingerprint density at radius 3 is 2.67 bits per heavy atom. The number of hydrogen-bond acceptors (Lipinski definition) is 5. The quantitative estimate of drug-likeness (QED) is 0.306. The van der Waals surface area contributed by atoms with Gasteiger partial charge in [0.15, 0.2) is 0 Å². The topological polar surface area (TPSA) is 90.5 Å². The molecule has 1 saturated heterocycles. The molecule has 2 aliphatic rings. The number of nitrogen functional groups attached to an aromatic ring is 1. The van der Waals surface area contributed by atoms with Gasteiger partial charge in [0.2, 0.25) is 0 Å². The van der Waals surface area contributed by atoms with Crippen LogP contribution in [0.2, 0.25) is 0 Å². The van der Waals surface area contributed by atoms with Gasteiger partial charge in [-0.05, 0) is 63.8 Å². The van der Waals surface area contributed by atoms with Crippen LogP contribution in [0.3, 0.4) is 0 Å². The van der Waals surface area contributed by atoms with Crippen molar-refractivity contribution in [3.8, 4) is 17.0 Å². The summed E-state index contributed by atoms with van der Waals surface area (Å²) in [6.45, 7) is 6.29. The van der Waals surface area contributed by atoms with E-state index in [1.807, 2.05) is 55.9 Å². The molecule has 0 spiro atoms. The molecule has 2 heterocycles. The van der Waals surface area contributed by atoms with E-state index in [0.29, 0.717) is 17.9 Å². The summed E-state index contributed by atoms with van der Waals surface area (Å²) < 4.78 is 14.0. The maximum atomic E-state index is 12.1. The van der Waals surface area contributed by atoms with Gasteiger partial charge in [0.1, 0.15) is 5.75 Å². The molecule has 0 radical (unpaired) electrons. The van der Waals surface area contributed by atoms with Gasteiger partial charge < -0.3 is 30.4 Å². The smallest absolute Gasteiger partial charge is 0.319 e. The van der Waals surface area contributed by atoms with E-state index in [9.17, 15) is 4.79 Å². The van der Waals surface area contributed by atoms with Crippen LogP contribution >= 0.6 is 11.8 Å². The predicted octanol–water partition coefficient (Wildman–Crippen LogP) is 6.05. The molecular weight excluding hydrogens is 472 g/mol. The SMILES string of the molecule is CC(C)NC(=O)Nc1ccc(-c2c(N)c3ccc(OCCSC4CCOC4)cc3n2C2CCC2)cc1. The third-order valence-electron chi connectivity index (χ3n) is 6.88. The fraction of sp³-hybridized carbons (Fsp3) is 0.464. The summed E-state index contributed by atoms with van der Waals surface area (Å²) in [5.74, 6) is 1.84. The van der Waals surface area contributed by atoms with Crippen LogP contribution in [-0.2, 0) is 4.74 Å². The van der Waals surface area contributed by atoms with Gasteiger partial charge in [0.25, 0.3) is 0 Å². The molecule has 2 aromatic carbocycles. The molecule has 8 heteroatoms. The van der Waals surface area contributed by atoms with Crippen molar-refractivity contribution in [2.45, 2.75) is 56.9 Å². The van der Waals surface area contributed by atoms with Crippen molar-refractivity contribution in [2.24, 2.45) is 0 Å². The first-order valence-corrected chi connectivity index (χ1v) is 14.0. The molecule has 1 saturated carbocycles. The minimum Gasteiger partial charge on any atom is -0.493 e. The highest BCUT2D eigenvalue weighted by atomic mass is 32.2. The molecule has 4 N–H and O–H groups in total. The summed E-state index contributed by atoms with van der Waals surface area (Å²) in [5, 5.41) is 7.39. The molecule has 2 amide bonds. The number of hydrogen-bond donors (Lipinski definition) is 3. The van der Waals surface area contributed by atoms with Gasteiger partial charge in [-0.2, -0.15) is 11.8 Å². The van der Waals surface area contributed by atoms with E-state index >= 15 is 0 Å². The van der Waals surface area contributed by atoms with Gasteiger partial charge in [0.05, 0.1) is 30.1 Å². The van der Waals surface area contributed by atoms with Crippen LogP contribution in [-0.4, -0.2) is 47.5 Å². The Hall–Kier alpha value is -2.84. The third kappa shape index (κ3) is 5.44. The van der Waals surface area contributed by atoms with E-state index in [0.717, 1.165) is 77.5 Å². The largest absolute Gasteiger partial charge is 0.493 e. The van der Waals surface area contributed by atoms with Gasteiger partial charge in [-0.15, -0.1) is 0 Å². The molecule has 2 fully saturated rings. The van der Waals surface area contributed by atoms with E-state index < -0.39 is 0 Å². The molecule has 1 atom stereocenters. The normalized spacial score (nSPS) is 17.9. The number of rotatable bonds is 9. The maximum absolute atomic E-state index is 12.1. The van der Waals surface area contributed by atoms with Gasteiger partial charge in [-0.25, -0.2) is 4.79 Å². The van der Waals surface area contributed by atoms with Gasteiger partial charge in [-0.3, -0.25) is 0 Å². The summed E-state index contributed by atoms with van der Waals surface area (Å²) in [5.41, 5.74) is 11.5. The molecule has 1 aromatic heterocycles. The number of nitrogens with two attached hydrogens (primary N) is 1. The van der Waals surface area contributed by atoms with Crippen molar-refractivity contribution in [1.82, 2.24) is 9.88 Å². The number of anilines is 2. The molecule has 192 valence electrons. The summed E-state index contributed by atoms with van der Waals surface area (Å²) in [6, 6.07) is 14.5. The highest BCUT2D eigenvalue weighted by Gasteiger charge is 2.27. The molecule has 1 aliphatic carbocycles. The monoisotopic (exact) mass is 508 g/mol. The second-order valence-electron chi connectivity index (χ2n) is 9.93. The predicted molar refractivity (Wildman–Crippen MR) is 149 cm³/mol. The second-order valence-corrected chi connectivity index (χ2v) is 11.3. The average molecular weight is 509 g/mol. The number of nitrogens with zero attached hydrogens (tertiary/aromatic N) is 1. The van der Waals surface area contributed by atoms with Gasteiger partial charge in [0, 0.05) is 52.4 Å². The number of ether oxygens (including phenoxy) is 2. The zero-order chi connectivity index (χ0) is 25.1. The van der Waals surface area contributed by atoms with Crippen LogP contribution in [0.1, 0.15) is 45.6 Å². The first-order valence-electron chi connectivity index (χ1n) is 12.9. The number of fused-ring (bicyclic) bond motifs is 1. The van der Waals surface area contributed by atoms with Gasteiger partial charge >= 0.3 is 6.03 Å². The Bertz CT molecular complexity index is 1200. The van der Waals surface area contributed by atoms with E-state index in [1.54, 1.807) is 0 Å². The Morgan fingerprint density at radius 2 is 2.00 bits per heavy atom. The zero-order valence-electron chi connectivity index (χ0n) is 21.1. The Labute approximate surface area is 217 Å². The molecule has 0 bridgehead atoms. The second kappa shape index (κ2) is 11.0. The number of carbonyl (C=O) groups is 1. The highest BCUT2D eigenvalue weighted by Crippen LogP contribution is 2.45. The third-order valence-corrected chi connectivity index (χ3v) is 8.13. The average Bonchev–Trinajstić information content (AvgIpc) is 3.43. The van der Waals surface area contributed by atoms with E-state index in [-0.39, 0.29) is 12.1 Å². The molecule has 3 aromatic rings. The molecule has 36 heavy (non-hydrogen) atoms. The lowest BCUT2D eigenvalue weighted by Gasteiger charge is -2.30. The molecule has 1 unspecified atom stereocenters. The minimum absolute atomic E-state index is 0.0803. The van der Waals surface area contributed by atoms with Crippen LogP contribution in [0.4, 0.5) is 16.2 Å². The van der Waals surface area contributed by atoms with Crippen molar-refractivity contribution in [2.75, 3.05) is 36.6 Å². The molecular formula is C28H36N4O3S. The van der Waals surface area contributed by atoms with Crippen LogP contribution in [0.5, 0.6) is 5.75 Å². The first-order chi connectivity index (χ1) is 17.5. The first kappa shape index (κ1) is 24.8. The van der Waals surface area contributed by atoms with Crippen molar-refractivity contribution in [1.29, 1.82) is 0 Å². The fourth-order valence-electron chi connectivity index (χ4n) is 4.88. The Balaban J connectivity index is 1.37. The van der Waals surface area contributed by atoms with Crippen molar-refractivity contribution >= 4 is 40.1 Å². The van der Waals surface area contributed by atoms with Crippen LogP contribution in [0.25, 0.3) is 22.2 Å². The van der Waals surface area contributed by atoms with E-state index in [1.165, 1.54) is 6.42 Å². The number of thioether (sulfide) groups is 1. The summed E-state index contributed by atoms with van der Waals surface area (Å²) in [7, 11) is 0. The number of aromatic nitrogens is 1. The molecule has 5 rings (SSSR count). The lowest BCUT2D eigenvalue weighted by atomic mass is 9.92. The number of nitrogens with one attached hydrogen (secondary N) is 2. The standard InChI is InChI=1S/C28H36N4O3S/c1-18(2)30-28(33)31-20-8-6-19(7-9-20)27-26(29)24-11-10-22(16-25(24)32(27)21-4-3-5-21)35-14-15-36-23-12-13-34-17-23/h6-11,16,18,21,23H,3-5,12-15,17,29H2,1-2H3,(H2,30,31,33). The lowest BCUT2D eigenvalue weighted by molar-refractivity contribution is 0.199. The fourth-order valence-corrected chi connectivity index (χ4v) is 5.85. The highest BCUT2D eigenvalue weighted by molar-refractivity contribution is 7.99. The van der Waals surface area contributed by atoms with Crippen molar-refractivity contribution in [3.63, 3.8) is 0 Å². The van der Waals surface area contributed by atoms with Crippen LogP contribution < -0.4 is 21.1 Å². The zero-order valence-corrected chi connectivity index (χ0v) is 21.9. The number of urea groups is 1. The summed E-state index contributed by atoms with van der Waals surface area (Å²) in [6.07, 6.45) is 4.67. The Morgan fingerprint density at radius 1 is 1.19 bits per heavy atom. The minimum atomic E-state index is -0.205.